The number of ether oxygens (including phenoxy) is 1. The molecule has 0 amide bonds. The molecule has 1 aliphatic heterocycles. The molecule has 3 heterocycles. The predicted octanol–water partition coefficient (Wildman–Crippen LogP) is 12.9. The Morgan fingerprint density at radius 3 is 1.91 bits per heavy atom. The van der Waals surface area contributed by atoms with Gasteiger partial charge in [0.25, 0.3) is 0 Å². The number of fused-ring (bicyclic) bond motifs is 10. The van der Waals surface area contributed by atoms with Gasteiger partial charge in [-0.3, -0.25) is 0 Å². The maximum Gasteiger partial charge on any atom is 0.136 e. The molecule has 47 heavy (non-hydrogen) atoms. The van der Waals surface area contributed by atoms with Crippen LogP contribution in [0, 0.1) is 0 Å². The molecule has 11 rings (SSSR count). The Hall–Kier alpha value is -6.32. The van der Waals surface area contributed by atoms with Gasteiger partial charge in [0, 0.05) is 32.5 Å². The van der Waals surface area contributed by atoms with Crippen molar-refractivity contribution in [3.8, 4) is 44.9 Å². The fourth-order valence-electron chi connectivity index (χ4n) is 7.70. The van der Waals surface area contributed by atoms with Crippen LogP contribution < -0.4 is 4.74 Å². The van der Waals surface area contributed by atoms with Crippen molar-refractivity contribution >= 4 is 65.4 Å². The zero-order chi connectivity index (χ0) is 30.6. The second-order valence-electron chi connectivity index (χ2n) is 12.4. The normalized spacial score (nSPS) is 12.4. The van der Waals surface area contributed by atoms with Gasteiger partial charge < -0.3 is 13.6 Å². The van der Waals surface area contributed by atoms with Crippen LogP contribution in [0.2, 0.25) is 0 Å². The summed E-state index contributed by atoms with van der Waals surface area (Å²) in [4.78, 5) is 0. The van der Waals surface area contributed by atoms with E-state index in [2.05, 4.69) is 133 Å². The Labute approximate surface area is 268 Å². The summed E-state index contributed by atoms with van der Waals surface area (Å²) in [7, 11) is 0. The van der Waals surface area contributed by atoms with Gasteiger partial charge >= 0.3 is 0 Å². The summed E-state index contributed by atoms with van der Waals surface area (Å²) >= 11 is 0. The van der Waals surface area contributed by atoms with Crippen LogP contribution in [0.25, 0.3) is 98.8 Å². The quantitative estimate of drug-likeness (QED) is 0.198. The molecule has 0 unspecified atom stereocenters. The fraction of sp³-hybridized carbons (Fsp3) is 0. The van der Waals surface area contributed by atoms with Gasteiger partial charge in [0.15, 0.2) is 0 Å². The molecule has 0 saturated heterocycles. The van der Waals surface area contributed by atoms with Gasteiger partial charge in [-0.1, -0.05) is 91.0 Å². The number of hydrogen-bond acceptors (Lipinski definition) is 3. The minimum absolute atomic E-state index is 0.867. The van der Waals surface area contributed by atoms with Crippen molar-refractivity contribution in [1.82, 2.24) is 0 Å². The summed E-state index contributed by atoms with van der Waals surface area (Å²) in [5, 5.41) is 9.24. The Morgan fingerprint density at radius 2 is 1.00 bits per heavy atom. The van der Waals surface area contributed by atoms with Crippen LogP contribution in [0.1, 0.15) is 0 Å². The lowest BCUT2D eigenvalue weighted by Crippen LogP contribution is -1.97. The van der Waals surface area contributed by atoms with Crippen molar-refractivity contribution in [1.29, 1.82) is 0 Å². The van der Waals surface area contributed by atoms with Crippen LogP contribution in [0.3, 0.4) is 0 Å². The van der Waals surface area contributed by atoms with E-state index in [1.165, 1.54) is 21.7 Å². The molecule has 1 aliphatic rings. The highest BCUT2D eigenvalue weighted by molar-refractivity contribution is 6.23. The molecule has 0 fully saturated rings. The van der Waals surface area contributed by atoms with Crippen LogP contribution in [-0.2, 0) is 0 Å². The van der Waals surface area contributed by atoms with E-state index < -0.39 is 0 Å². The summed E-state index contributed by atoms with van der Waals surface area (Å²) in [5.74, 6) is 1.79. The van der Waals surface area contributed by atoms with E-state index in [0.717, 1.165) is 88.6 Å². The lowest BCUT2D eigenvalue weighted by atomic mass is 9.92. The predicted molar refractivity (Wildman–Crippen MR) is 192 cm³/mol. The minimum atomic E-state index is 0.867. The highest BCUT2D eigenvalue weighted by atomic mass is 16.5. The van der Waals surface area contributed by atoms with E-state index in [4.69, 9.17) is 13.6 Å². The van der Waals surface area contributed by atoms with Crippen molar-refractivity contribution in [3.63, 3.8) is 0 Å². The van der Waals surface area contributed by atoms with Crippen LogP contribution in [0.5, 0.6) is 11.5 Å². The molecule has 10 aromatic rings. The van der Waals surface area contributed by atoms with Crippen LogP contribution in [0.15, 0.2) is 154 Å². The Bertz CT molecular complexity index is 2930. The van der Waals surface area contributed by atoms with Crippen LogP contribution in [0.4, 0.5) is 0 Å². The number of furan rings is 2. The van der Waals surface area contributed by atoms with Crippen LogP contribution in [-0.4, -0.2) is 0 Å². The molecule has 3 heteroatoms. The Balaban J connectivity index is 1.05. The molecular formula is C44H24O3. The number of benzene rings is 8. The Morgan fingerprint density at radius 1 is 0.319 bits per heavy atom. The van der Waals surface area contributed by atoms with Gasteiger partial charge in [-0.15, -0.1) is 0 Å². The van der Waals surface area contributed by atoms with Crippen LogP contribution >= 0.6 is 0 Å². The second-order valence-corrected chi connectivity index (χ2v) is 12.4. The molecule has 0 atom stereocenters. The molecular weight excluding hydrogens is 576 g/mol. The topological polar surface area (TPSA) is 35.5 Å². The molecule has 3 nitrogen and oxygen atoms in total. The molecule has 2 aromatic heterocycles. The molecule has 0 aliphatic carbocycles. The molecule has 8 aromatic carbocycles. The first-order valence-electron chi connectivity index (χ1n) is 15.9. The van der Waals surface area contributed by atoms with E-state index in [-0.39, 0.29) is 0 Å². The third kappa shape index (κ3) is 3.51. The summed E-state index contributed by atoms with van der Waals surface area (Å²) in [5.41, 5.74) is 10.3. The third-order valence-corrected chi connectivity index (χ3v) is 9.86. The van der Waals surface area contributed by atoms with E-state index in [9.17, 15) is 0 Å². The van der Waals surface area contributed by atoms with Crippen molar-refractivity contribution < 1.29 is 13.6 Å². The van der Waals surface area contributed by atoms with Gasteiger partial charge in [-0.25, -0.2) is 0 Å². The van der Waals surface area contributed by atoms with E-state index >= 15 is 0 Å². The summed E-state index contributed by atoms with van der Waals surface area (Å²) in [6.07, 6.45) is 0. The third-order valence-electron chi connectivity index (χ3n) is 9.86. The highest BCUT2D eigenvalue weighted by Gasteiger charge is 2.21. The smallest absolute Gasteiger partial charge is 0.136 e. The second kappa shape index (κ2) is 9.12. The molecule has 0 bridgehead atoms. The molecule has 0 radical (unpaired) electrons. The summed E-state index contributed by atoms with van der Waals surface area (Å²) < 4.78 is 19.3. The lowest BCUT2D eigenvalue weighted by Gasteiger charge is -2.21. The maximum atomic E-state index is 6.59. The first-order chi connectivity index (χ1) is 23.3. The molecule has 0 N–H and O–H groups in total. The zero-order valence-electron chi connectivity index (χ0n) is 25.1. The molecule has 218 valence electrons. The van der Waals surface area contributed by atoms with Crippen molar-refractivity contribution in [2.45, 2.75) is 0 Å². The SMILES string of the molecule is c1cc2c3c(cccc3c1)-c1cc(-c3ccc4c(c3)oc3cc(-c5cccc6oc7ccc8ccccc8c7c56)ccc34)ccc1O2. The zero-order valence-corrected chi connectivity index (χ0v) is 25.1. The maximum absolute atomic E-state index is 6.59. The largest absolute Gasteiger partial charge is 0.456 e. The van der Waals surface area contributed by atoms with Crippen molar-refractivity contribution in [3.05, 3.63) is 146 Å². The monoisotopic (exact) mass is 600 g/mol. The van der Waals surface area contributed by atoms with Gasteiger partial charge in [0.1, 0.15) is 33.8 Å². The number of hydrogen-bond donors (Lipinski definition) is 0. The molecule has 0 spiro atoms. The minimum Gasteiger partial charge on any atom is -0.456 e. The fourth-order valence-corrected chi connectivity index (χ4v) is 7.70. The summed E-state index contributed by atoms with van der Waals surface area (Å²) in [6, 6.07) is 51.2. The standard InChI is InChI=1S/C44H24O3/c1-2-9-30-25(6-1)16-21-39-43(30)44-31(10-5-13-38(44)46-39)29-15-19-33-32-18-14-28(23-40(32)47-41(33)24-29)27-17-20-36-35(22-27)34-11-3-7-26-8-4-12-37(45-36)42(26)34/h1-24H. The highest BCUT2D eigenvalue weighted by Crippen LogP contribution is 2.48. The Kier molecular flexibility index (Phi) is 4.84. The van der Waals surface area contributed by atoms with Crippen molar-refractivity contribution in [2.75, 3.05) is 0 Å². The lowest BCUT2D eigenvalue weighted by molar-refractivity contribution is 0.487. The van der Waals surface area contributed by atoms with Gasteiger partial charge in [-0.05, 0) is 98.6 Å². The first kappa shape index (κ1) is 24.9. The van der Waals surface area contributed by atoms with E-state index in [1.54, 1.807) is 0 Å². The number of rotatable bonds is 2. The van der Waals surface area contributed by atoms with Gasteiger partial charge in [-0.2, -0.15) is 0 Å². The summed E-state index contributed by atoms with van der Waals surface area (Å²) in [6.45, 7) is 0. The van der Waals surface area contributed by atoms with E-state index in [1.807, 2.05) is 12.1 Å². The average molecular weight is 601 g/mol. The van der Waals surface area contributed by atoms with Gasteiger partial charge in [0.05, 0.1) is 0 Å². The van der Waals surface area contributed by atoms with Crippen molar-refractivity contribution in [2.24, 2.45) is 0 Å². The van der Waals surface area contributed by atoms with Gasteiger partial charge in [0.2, 0.25) is 0 Å². The average Bonchev–Trinajstić information content (AvgIpc) is 3.69. The first-order valence-corrected chi connectivity index (χ1v) is 15.9. The molecule has 0 saturated carbocycles. The van der Waals surface area contributed by atoms with E-state index in [0.29, 0.717) is 0 Å².